The molecule has 1 aliphatic rings. The molecule has 0 fully saturated rings. The molecule has 1 aliphatic heterocycles. The molecule has 3 rings (SSSR count). The second-order valence-corrected chi connectivity index (χ2v) is 5.40. The molecule has 3 N–H and O–H groups in total. The van der Waals surface area contributed by atoms with Crippen LogP contribution < -0.4 is 10.6 Å². The van der Waals surface area contributed by atoms with Crippen molar-refractivity contribution < 1.29 is 9.90 Å². The topological polar surface area (TPSA) is 61.4 Å². The summed E-state index contributed by atoms with van der Waals surface area (Å²) in [5, 5.41) is 16.0. The van der Waals surface area contributed by atoms with Gasteiger partial charge in [-0.2, -0.15) is 0 Å². The highest BCUT2D eigenvalue weighted by molar-refractivity contribution is 6.34. The molecule has 0 saturated heterocycles. The Bertz CT molecular complexity index is 701. The zero-order valence-corrected chi connectivity index (χ0v) is 12.1. The fourth-order valence-corrected chi connectivity index (χ4v) is 2.69. The van der Waals surface area contributed by atoms with Crippen molar-refractivity contribution in [2.75, 3.05) is 17.2 Å². The third kappa shape index (κ3) is 2.81. The molecule has 1 amide bonds. The van der Waals surface area contributed by atoms with Crippen molar-refractivity contribution in [1.82, 2.24) is 0 Å². The normalized spacial score (nSPS) is 13.2. The first-order chi connectivity index (χ1) is 10.1. The van der Waals surface area contributed by atoms with Crippen LogP contribution in [0, 0.1) is 0 Å². The third-order valence-corrected chi connectivity index (χ3v) is 3.85. The van der Waals surface area contributed by atoms with Gasteiger partial charge in [-0.3, -0.25) is 4.79 Å². The van der Waals surface area contributed by atoms with Crippen LogP contribution >= 0.6 is 11.6 Å². The number of phenols is 1. The number of carbonyl (C=O) groups is 1. The van der Waals surface area contributed by atoms with E-state index in [-0.39, 0.29) is 17.2 Å². The van der Waals surface area contributed by atoms with Crippen molar-refractivity contribution in [3.8, 4) is 5.75 Å². The molecule has 0 unspecified atom stereocenters. The van der Waals surface area contributed by atoms with Crippen LogP contribution in [0.3, 0.4) is 0 Å². The number of rotatable bonds is 2. The number of fused-ring (bicyclic) bond motifs is 1. The van der Waals surface area contributed by atoms with Gasteiger partial charge in [-0.1, -0.05) is 23.7 Å². The first-order valence-electron chi connectivity index (χ1n) is 6.81. The van der Waals surface area contributed by atoms with Crippen molar-refractivity contribution in [3.05, 3.63) is 52.5 Å². The number of halogens is 1. The van der Waals surface area contributed by atoms with Gasteiger partial charge < -0.3 is 15.7 Å². The monoisotopic (exact) mass is 302 g/mol. The number of benzene rings is 2. The second-order valence-electron chi connectivity index (χ2n) is 4.99. The number of hydrogen-bond acceptors (Lipinski definition) is 3. The van der Waals surface area contributed by atoms with E-state index in [4.69, 9.17) is 11.6 Å². The van der Waals surface area contributed by atoms with Crippen LogP contribution in [0.25, 0.3) is 0 Å². The highest BCUT2D eigenvalue weighted by atomic mass is 35.5. The number of aromatic hydroxyl groups is 1. The molecule has 1 heterocycles. The summed E-state index contributed by atoms with van der Waals surface area (Å²) in [6.07, 6.45) is 2.09. The van der Waals surface area contributed by atoms with Gasteiger partial charge in [0, 0.05) is 6.54 Å². The predicted octanol–water partition coefficient (Wildman–Crippen LogP) is 3.66. The Labute approximate surface area is 127 Å². The van der Waals surface area contributed by atoms with Gasteiger partial charge in [-0.15, -0.1) is 0 Å². The van der Waals surface area contributed by atoms with Gasteiger partial charge in [0.15, 0.2) is 0 Å². The van der Waals surface area contributed by atoms with Gasteiger partial charge in [0.05, 0.1) is 22.0 Å². The summed E-state index contributed by atoms with van der Waals surface area (Å²) in [7, 11) is 0. The molecule has 0 aromatic heterocycles. The Hall–Kier alpha value is -2.20. The van der Waals surface area contributed by atoms with E-state index < -0.39 is 0 Å². The third-order valence-electron chi connectivity index (χ3n) is 3.52. The lowest BCUT2D eigenvalue weighted by Gasteiger charge is -2.21. The highest BCUT2D eigenvalue weighted by Crippen LogP contribution is 2.31. The minimum absolute atomic E-state index is 0.0118. The lowest BCUT2D eigenvalue weighted by atomic mass is 10.0. The average Bonchev–Trinajstić information content (AvgIpc) is 2.50. The zero-order chi connectivity index (χ0) is 14.8. The van der Waals surface area contributed by atoms with Gasteiger partial charge >= 0.3 is 0 Å². The standard InChI is InChI=1S/C16H15ClN2O2/c17-13-7-6-11(20)9-12(13)16(21)19-14-5-1-3-10-4-2-8-18-15(10)14/h1,3,5-7,9,18,20H,2,4,8H2,(H,19,21). The number of carbonyl (C=O) groups excluding carboxylic acids is 1. The van der Waals surface area contributed by atoms with Crippen LogP contribution in [-0.4, -0.2) is 17.6 Å². The molecular formula is C16H15ClN2O2. The first kappa shape index (κ1) is 13.8. The Kier molecular flexibility index (Phi) is 3.71. The summed E-state index contributed by atoms with van der Waals surface area (Å²) >= 11 is 6.01. The molecule has 0 radical (unpaired) electrons. The molecule has 4 nitrogen and oxygen atoms in total. The van der Waals surface area contributed by atoms with E-state index in [0.29, 0.717) is 5.02 Å². The maximum Gasteiger partial charge on any atom is 0.257 e. The molecule has 5 heteroatoms. The molecular weight excluding hydrogens is 288 g/mol. The van der Waals surface area contributed by atoms with Crippen LogP contribution in [0.2, 0.25) is 5.02 Å². The van der Waals surface area contributed by atoms with Gasteiger partial charge in [0.2, 0.25) is 0 Å². The Balaban J connectivity index is 1.90. The largest absolute Gasteiger partial charge is 0.508 e. The van der Waals surface area contributed by atoms with E-state index in [1.54, 1.807) is 0 Å². The lowest BCUT2D eigenvalue weighted by molar-refractivity contribution is 0.102. The lowest BCUT2D eigenvalue weighted by Crippen LogP contribution is -2.17. The number of para-hydroxylation sites is 1. The minimum atomic E-state index is -0.336. The van der Waals surface area contributed by atoms with E-state index in [1.165, 1.54) is 23.8 Å². The zero-order valence-electron chi connectivity index (χ0n) is 11.3. The minimum Gasteiger partial charge on any atom is -0.508 e. The number of nitrogens with one attached hydrogen (secondary N) is 2. The fraction of sp³-hybridized carbons (Fsp3) is 0.188. The van der Waals surface area contributed by atoms with Crippen LogP contribution in [-0.2, 0) is 6.42 Å². The Morgan fingerprint density at radius 3 is 3.00 bits per heavy atom. The van der Waals surface area contributed by atoms with Crippen LogP contribution in [0.4, 0.5) is 11.4 Å². The smallest absolute Gasteiger partial charge is 0.257 e. The van der Waals surface area contributed by atoms with Crippen LogP contribution in [0.5, 0.6) is 5.75 Å². The van der Waals surface area contributed by atoms with Crippen LogP contribution in [0.1, 0.15) is 22.3 Å². The molecule has 0 saturated carbocycles. The van der Waals surface area contributed by atoms with E-state index in [1.807, 2.05) is 12.1 Å². The molecule has 0 spiro atoms. The van der Waals surface area contributed by atoms with Crippen molar-refractivity contribution in [3.63, 3.8) is 0 Å². The first-order valence-corrected chi connectivity index (χ1v) is 7.18. The van der Waals surface area contributed by atoms with Crippen molar-refractivity contribution in [2.45, 2.75) is 12.8 Å². The fourth-order valence-electron chi connectivity index (χ4n) is 2.49. The Morgan fingerprint density at radius 1 is 1.29 bits per heavy atom. The van der Waals surface area contributed by atoms with Crippen molar-refractivity contribution in [1.29, 1.82) is 0 Å². The molecule has 108 valence electrons. The second kappa shape index (κ2) is 5.66. The number of anilines is 2. The summed E-state index contributed by atoms with van der Waals surface area (Å²) in [5.41, 5.74) is 3.15. The van der Waals surface area contributed by atoms with Crippen molar-refractivity contribution >= 4 is 28.9 Å². The average molecular weight is 303 g/mol. The van der Waals surface area contributed by atoms with Gasteiger partial charge in [0.1, 0.15) is 5.75 Å². The number of hydrogen-bond donors (Lipinski definition) is 3. The quantitative estimate of drug-likeness (QED) is 0.793. The molecule has 2 aromatic carbocycles. The highest BCUT2D eigenvalue weighted by Gasteiger charge is 2.16. The summed E-state index contributed by atoms with van der Waals surface area (Å²) in [6, 6.07) is 10.1. The summed E-state index contributed by atoms with van der Waals surface area (Å²) in [5.74, 6) is -0.325. The SMILES string of the molecule is O=C(Nc1cccc2c1NCCC2)c1cc(O)ccc1Cl. The van der Waals surface area contributed by atoms with Gasteiger partial charge in [-0.25, -0.2) is 0 Å². The van der Waals surface area contributed by atoms with E-state index in [9.17, 15) is 9.90 Å². The number of phenolic OH excluding ortho intramolecular Hbond substituents is 1. The molecule has 0 atom stereocenters. The van der Waals surface area contributed by atoms with Gasteiger partial charge in [0.25, 0.3) is 5.91 Å². The van der Waals surface area contributed by atoms with Crippen molar-refractivity contribution in [2.24, 2.45) is 0 Å². The van der Waals surface area contributed by atoms with E-state index in [2.05, 4.69) is 16.7 Å². The van der Waals surface area contributed by atoms with E-state index >= 15 is 0 Å². The molecule has 21 heavy (non-hydrogen) atoms. The summed E-state index contributed by atoms with van der Waals surface area (Å²) in [4.78, 5) is 12.3. The summed E-state index contributed by atoms with van der Waals surface area (Å²) in [6.45, 7) is 0.896. The maximum absolute atomic E-state index is 12.3. The van der Waals surface area contributed by atoms with E-state index in [0.717, 1.165) is 30.8 Å². The van der Waals surface area contributed by atoms with Gasteiger partial charge in [-0.05, 0) is 42.7 Å². The molecule has 0 bridgehead atoms. The van der Waals surface area contributed by atoms with Crippen LogP contribution in [0.15, 0.2) is 36.4 Å². The predicted molar refractivity (Wildman–Crippen MR) is 84.3 cm³/mol. The Morgan fingerprint density at radius 2 is 2.14 bits per heavy atom. The number of amides is 1. The summed E-state index contributed by atoms with van der Waals surface area (Å²) < 4.78 is 0. The number of aryl methyl sites for hydroxylation is 1. The molecule has 2 aromatic rings. The maximum atomic E-state index is 12.3. The molecule has 0 aliphatic carbocycles.